The fraction of sp³-hybridized carbons (Fsp3) is 0.533. The molecule has 2 N–H and O–H groups in total. The van der Waals surface area contributed by atoms with E-state index in [4.69, 9.17) is 4.52 Å². The van der Waals surface area contributed by atoms with Crippen molar-refractivity contribution in [2.24, 2.45) is 0 Å². The Labute approximate surface area is 134 Å². The van der Waals surface area contributed by atoms with Gasteiger partial charge in [0.15, 0.2) is 5.82 Å². The predicted molar refractivity (Wildman–Crippen MR) is 87.3 cm³/mol. The number of carbonyl (C=O) groups is 1. The third-order valence-corrected chi connectivity index (χ3v) is 3.91. The Kier molecular flexibility index (Phi) is 4.85. The van der Waals surface area contributed by atoms with Crippen molar-refractivity contribution >= 4 is 23.2 Å². The molecule has 2 rings (SSSR count). The minimum atomic E-state index is -0.323. The first-order chi connectivity index (χ1) is 10.3. The SMILES string of the molecule is CC(C)c1cc(NC(=O)NCc2nc(C(C)(C)C)cs2)no1. The average molecular weight is 322 g/mol. The largest absolute Gasteiger partial charge is 0.359 e. The molecular weight excluding hydrogens is 300 g/mol. The monoisotopic (exact) mass is 322 g/mol. The van der Waals surface area contributed by atoms with E-state index in [1.54, 1.807) is 17.4 Å². The number of aromatic nitrogens is 2. The van der Waals surface area contributed by atoms with E-state index in [0.29, 0.717) is 12.4 Å². The van der Waals surface area contributed by atoms with E-state index >= 15 is 0 Å². The summed E-state index contributed by atoms with van der Waals surface area (Å²) in [6, 6.07) is 1.40. The van der Waals surface area contributed by atoms with Crippen molar-refractivity contribution in [2.45, 2.75) is 52.5 Å². The smallest absolute Gasteiger partial charge is 0.320 e. The van der Waals surface area contributed by atoms with E-state index < -0.39 is 0 Å². The number of rotatable bonds is 4. The van der Waals surface area contributed by atoms with Crippen molar-refractivity contribution in [1.82, 2.24) is 15.5 Å². The normalized spacial score (nSPS) is 11.7. The van der Waals surface area contributed by atoms with Gasteiger partial charge in [-0.2, -0.15) is 0 Å². The molecule has 120 valence electrons. The highest BCUT2D eigenvalue weighted by Crippen LogP contribution is 2.23. The first kappa shape index (κ1) is 16.5. The van der Waals surface area contributed by atoms with Crippen LogP contribution in [0.15, 0.2) is 16.0 Å². The molecule has 0 radical (unpaired) electrons. The Morgan fingerprint density at radius 1 is 1.41 bits per heavy atom. The van der Waals surface area contributed by atoms with Crippen LogP contribution in [0.5, 0.6) is 0 Å². The minimum Gasteiger partial charge on any atom is -0.359 e. The highest BCUT2D eigenvalue weighted by Gasteiger charge is 2.17. The average Bonchev–Trinajstić information content (AvgIpc) is 3.04. The van der Waals surface area contributed by atoms with Gasteiger partial charge in [0.1, 0.15) is 10.8 Å². The van der Waals surface area contributed by atoms with Gasteiger partial charge in [-0.1, -0.05) is 39.8 Å². The van der Waals surface area contributed by atoms with Crippen LogP contribution in [0.3, 0.4) is 0 Å². The number of amides is 2. The molecule has 7 heteroatoms. The summed E-state index contributed by atoms with van der Waals surface area (Å²) in [4.78, 5) is 16.4. The van der Waals surface area contributed by atoms with Crippen molar-refractivity contribution in [3.63, 3.8) is 0 Å². The van der Waals surface area contributed by atoms with Crippen molar-refractivity contribution in [3.8, 4) is 0 Å². The predicted octanol–water partition coefficient (Wildman–Crippen LogP) is 3.87. The number of nitrogens with one attached hydrogen (secondary N) is 2. The van der Waals surface area contributed by atoms with Crippen LogP contribution in [0.2, 0.25) is 0 Å². The number of hydrogen-bond donors (Lipinski definition) is 2. The summed E-state index contributed by atoms with van der Waals surface area (Å²) in [6.07, 6.45) is 0. The van der Waals surface area contributed by atoms with E-state index in [9.17, 15) is 4.79 Å². The quantitative estimate of drug-likeness (QED) is 0.895. The third-order valence-electron chi connectivity index (χ3n) is 3.06. The summed E-state index contributed by atoms with van der Waals surface area (Å²) in [5.74, 6) is 1.39. The summed E-state index contributed by atoms with van der Waals surface area (Å²) in [7, 11) is 0. The zero-order chi connectivity index (χ0) is 16.3. The minimum absolute atomic E-state index is 0.0188. The summed E-state index contributed by atoms with van der Waals surface area (Å²) in [5.41, 5.74) is 1.05. The molecule has 0 fully saturated rings. The van der Waals surface area contributed by atoms with E-state index in [0.717, 1.165) is 16.5 Å². The topological polar surface area (TPSA) is 80.0 Å². The van der Waals surface area contributed by atoms with Gasteiger partial charge < -0.3 is 9.84 Å². The molecule has 2 aromatic rings. The van der Waals surface area contributed by atoms with Gasteiger partial charge in [0.2, 0.25) is 0 Å². The van der Waals surface area contributed by atoms with E-state index in [-0.39, 0.29) is 17.4 Å². The summed E-state index contributed by atoms with van der Waals surface area (Å²) >= 11 is 1.54. The molecule has 0 saturated heterocycles. The van der Waals surface area contributed by atoms with Crippen molar-refractivity contribution in [1.29, 1.82) is 0 Å². The van der Waals surface area contributed by atoms with Crippen LogP contribution in [-0.2, 0) is 12.0 Å². The van der Waals surface area contributed by atoms with Crippen molar-refractivity contribution < 1.29 is 9.32 Å². The second kappa shape index (κ2) is 6.48. The number of urea groups is 1. The highest BCUT2D eigenvalue weighted by molar-refractivity contribution is 7.09. The standard InChI is InChI=1S/C15H22N4O2S/c1-9(2)10-6-12(19-21-10)18-14(20)16-7-13-17-11(8-22-13)15(3,4)5/h6,8-9H,7H2,1-5H3,(H2,16,18,19,20). The van der Waals surface area contributed by atoms with Crippen LogP contribution >= 0.6 is 11.3 Å². The number of hydrogen-bond acceptors (Lipinski definition) is 5. The fourth-order valence-corrected chi connectivity index (χ4v) is 2.63. The first-order valence-corrected chi connectivity index (χ1v) is 8.10. The lowest BCUT2D eigenvalue weighted by molar-refractivity contribution is 0.251. The number of thiazole rings is 1. The molecule has 22 heavy (non-hydrogen) atoms. The molecule has 2 amide bonds. The van der Waals surface area contributed by atoms with Crippen LogP contribution in [0.1, 0.15) is 57.0 Å². The molecule has 0 spiro atoms. The lowest BCUT2D eigenvalue weighted by atomic mass is 9.93. The molecule has 0 aliphatic heterocycles. The van der Waals surface area contributed by atoms with Crippen molar-refractivity contribution in [2.75, 3.05) is 5.32 Å². The maximum absolute atomic E-state index is 11.8. The zero-order valence-corrected chi connectivity index (χ0v) is 14.4. The van der Waals surface area contributed by atoms with Gasteiger partial charge in [-0.25, -0.2) is 9.78 Å². The molecule has 0 aliphatic carbocycles. The van der Waals surface area contributed by atoms with E-state index in [1.807, 2.05) is 19.2 Å². The van der Waals surface area contributed by atoms with Gasteiger partial charge >= 0.3 is 6.03 Å². The zero-order valence-electron chi connectivity index (χ0n) is 13.6. The molecule has 0 unspecified atom stereocenters. The van der Waals surface area contributed by atoms with Gasteiger partial charge in [0.05, 0.1) is 12.2 Å². The Balaban J connectivity index is 1.86. The fourth-order valence-electron chi connectivity index (χ4n) is 1.67. The molecule has 2 heterocycles. The molecule has 0 aromatic carbocycles. The third kappa shape index (κ3) is 4.30. The molecule has 6 nitrogen and oxygen atoms in total. The van der Waals surface area contributed by atoms with Crippen LogP contribution < -0.4 is 10.6 Å². The molecule has 0 bridgehead atoms. The van der Waals surface area contributed by atoms with Gasteiger partial charge in [0, 0.05) is 22.8 Å². The van der Waals surface area contributed by atoms with Crippen LogP contribution in [-0.4, -0.2) is 16.2 Å². The highest BCUT2D eigenvalue weighted by atomic mass is 32.1. The second-order valence-electron chi connectivity index (χ2n) is 6.45. The van der Waals surface area contributed by atoms with E-state index in [2.05, 4.69) is 41.5 Å². The van der Waals surface area contributed by atoms with Crippen LogP contribution in [0, 0.1) is 0 Å². The molecular formula is C15H22N4O2S. The Bertz CT molecular complexity index is 640. The summed E-state index contributed by atoms with van der Waals surface area (Å²) < 4.78 is 5.13. The lowest BCUT2D eigenvalue weighted by Crippen LogP contribution is -2.28. The molecule has 2 aromatic heterocycles. The van der Waals surface area contributed by atoms with Gasteiger partial charge in [-0.3, -0.25) is 5.32 Å². The number of carbonyl (C=O) groups excluding carboxylic acids is 1. The summed E-state index contributed by atoms with van der Waals surface area (Å²) in [5, 5.41) is 12.1. The number of nitrogens with zero attached hydrogens (tertiary/aromatic N) is 2. The molecule has 0 atom stereocenters. The molecule has 0 aliphatic rings. The van der Waals surface area contributed by atoms with E-state index in [1.165, 1.54) is 0 Å². The Hall–Kier alpha value is -1.89. The summed E-state index contributed by atoms with van der Waals surface area (Å²) in [6.45, 7) is 10.7. The van der Waals surface area contributed by atoms with Crippen LogP contribution in [0.25, 0.3) is 0 Å². The maximum atomic E-state index is 11.8. The first-order valence-electron chi connectivity index (χ1n) is 7.22. The molecule has 0 saturated carbocycles. The maximum Gasteiger partial charge on any atom is 0.320 e. The van der Waals surface area contributed by atoms with Gasteiger partial charge in [-0.15, -0.1) is 11.3 Å². The van der Waals surface area contributed by atoms with Crippen LogP contribution in [0.4, 0.5) is 10.6 Å². The second-order valence-corrected chi connectivity index (χ2v) is 7.40. The van der Waals surface area contributed by atoms with Gasteiger partial charge in [-0.05, 0) is 0 Å². The Morgan fingerprint density at radius 3 is 2.68 bits per heavy atom. The number of anilines is 1. The lowest BCUT2D eigenvalue weighted by Gasteiger charge is -2.14. The Morgan fingerprint density at radius 2 is 2.14 bits per heavy atom. The van der Waals surface area contributed by atoms with Crippen molar-refractivity contribution in [3.05, 3.63) is 27.9 Å². The van der Waals surface area contributed by atoms with Gasteiger partial charge in [0.25, 0.3) is 0 Å².